The van der Waals surface area contributed by atoms with Crippen LogP contribution in [0, 0.1) is 5.41 Å². The molecule has 1 rings (SSSR count). The predicted octanol–water partition coefficient (Wildman–Crippen LogP) is 3.87. The number of alkyl halides is 1. The zero-order valence-electron chi connectivity index (χ0n) is 14.4. The second-order valence-corrected chi connectivity index (χ2v) is 7.47. The minimum Gasteiger partial charge on any atom is -0.392 e. The summed E-state index contributed by atoms with van der Waals surface area (Å²) in [5.41, 5.74) is -0.316. The van der Waals surface area contributed by atoms with E-state index in [-0.39, 0.29) is 23.8 Å². The lowest BCUT2D eigenvalue weighted by molar-refractivity contribution is -0.125. The van der Waals surface area contributed by atoms with Gasteiger partial charge in [0.05, 0.1) is 18.6 Å². The lowest BCUT2D eigenvalue weighted by atomic mass is 9.87. The van der Waals surface area contributed by atoms with Gasteiger partial charge >= 0.3 is 0 Å². The Kier molecular flexibility index (Phi) is 5.74. The fraction of sp³-hybridized carbons (Fsp3) is 0.611. The Labute approximate surface area is 132 Å². The number of carbonyl (C=O) groups is 1. The number of hydrogen-bond acceptors (Lipinski definition) is 2. The molecule has 1 aromatic carbocycles. The number of halogens is 1. The van der Waals surface area contributed by atoms with Crippen LogP contribution in [-0.2, 0) is 10.5 Å². The highest BCUT2D eigenvalue weighted by atomic mass is 19.1. The minimum absolute atomic E-state index is 0.0577. The third-order valence-corrected chi connectivity index (χ3v) is 3.83. The van der Waals surface area contributed by atoms with Crippen molar-refractivity contribution in [1.29, 1.82) is 0 Å². The smallest absolute Gasteiger partial charge is 0.223 e. The van der Waals surface area contributed by atoms with Crippen molar-refractivity contribution in [2.75, 3.05) is 0 Å². The van der Waals surface area contributed by atoms with E-state index in [1.807, 2.05) is 33.8 Å². The van der Waals surface area contributed by atoms with Gasteiger partial charge < -0.3 is 10.4 Å². The molecule has 0 saturated carbocycles. The van der Waals surface area contributed by atoms with E-state index in [9.17, 15) is 14.3 Å². The summed E-state index contributed by atoms with van der Waals surface area (Å²) in [6.07, 6.45) is -0.641. The van der Waals surface area contributed by atoms with E-state index in [0.717, 1.165) is 5.56 Å². The van der Waals surface area contributed by atoms with E-state index in [0.29, 0.717) is 5.56 Å². The quantitative estimate of drug-likeness (QED) is 0.867. The molecule has 0 aliphatic heterocycles. The fourth-order valence-electron chi connectivity index (χ4n) is 2.04. The van der Waals surface area contributed by atoms with Crippen LogP contribution in [0.4, 0.5) is 4.39 Å². The molecule has 0 fully saturated rings. The van der Waals surface area contributed by atoms with Gasteiger partial charge in [-0.05, 0) is 37.3 Å². The molecule has 0 aliphatic rings. The van der Waals surface area contributed by atoms with Crippen LogP contribution in [0.5, 0.6) is 0 Å². The Morgan fingerprint density at radius 3 is 2.36 bits per heavy atom. The zero-order valence-corrected chi connectivity index (χ0v) is 14.4. The number of amides is 1. The van der Waals surface area contributed by atoms with Crippen molar-refractivity contribution in [1.82, 2.24) is 5.32 Å². The Balaban J connectivity index is 2.73. The third-order valence-electron chi connectivity index (χ3n) is 3.83. The van der Waals surface area contributed by atoms with Crippen LogP contribution < -0.4 is 5.32 Å². The highest BCUT2D eigenvalue weighted by Crippen LogP contribution is 2.27. The second kappa shape index (κ2) is 6.78. The van der Waals surface area contributed by atoms with Crippen molar-refractivity contribution < 1.29 is 14.3 Å². The summed E-state index contributed by atoms with van der Waals surface area (Å²) >= 11 is 0. The topological polar surface area (TPSA) is 49.3 Å². The predicted molar refractivity (Wildman–Crippen MR) is 87.2 cm³/mol. The van der Waals surface area contributed by atoms with Gasteiger partial charge in [-0.15, -0.1) is 0 Å². The maximum absolute atomic E-state index is 14.0. The van der Waals surface area contributed by atoms with Gasteiger partial charge in [-0.3, -0.25) is 4.79 Å². The summed E-state index contributed by atoms with van der Waals surface area (Å²) in [5.74, 6) is -0.208. The molecule has 22 heavy (non-hydrogen) atoms. The van der Waals surface area contributed by atoms with Crippen molar-refractivity contribution in [3.05, 3.63) is 35.4 Å². The molecule has 2 atom stereocenters. The molecule has 0 radical (unpaired) electrons. The lowest BCUT2D eigenvalue weighted by Crippen LogP contribution is -2.35. The molecule has 3 nitrogen and oxygen atoms in total. The van der Waals surface area contributed by atoms with Crippen molar-refractivity contribution in [2.45, 2.75) is 65.8 Å². The van der Waals surface area contributed by atoms with Crippen LogP contribution in [0.15, 0.2) is 24.3 Å². The molecule has 124 valence electrons. The van der Waals surface area contributed by atoms with Crippen molar-refractivity contribution in [3.63, 3.8) is 0 Å². The Bertz CT molecular complexity index is 515. The maximum atomic E-state index is 14.0. The molecule has 0 bridgehead atoms. The van der Waals surface area contributed by atoms with Gasteiger partial charge in [0.15, 0.2) is 0 Å². The summed E-state index contributed by atoms with van der Waals surface area (Å²) in [6, 6.07) is 6.92. The maximum Gasteiger partial charge on any atom is 0.223 e. The Morgan fingerprint density at radius 2 is 1.86 bits per heavy atom. The van der Waals surface area contributed by atoms with Gasteiger partial charge in [0, 0.05) is 0 Å². The van der Waals surface area contributed by atoms with E-state index in [1.54, 1.807) is 18.2 Å². The molecule has 1 aromatic rings. The highest BCUT2D eigenvalue weighted by molar-refractivity contribution is 5.77. The molecule has 2 unspecified atom stereocenters. The van der Waals surface area contributed by atoms with Crippen molar-refractivity contribution >= 4 is 5.91 Å². The molecular formula is C18H28FNO2. The number of rotatable bonds is 5. The van der Waals surface area contributed by atoms with Crippen LogP contribution in [0.2, 0.25) is 0 Å². The summed E-state index contributed by atoms with van der Waals surface area (Å²) in [7, 11) is 0. The third kappa shape index (κ3) is 5.41. The molecule has 1 amide bonds. The first-order valence-corrected chi connectivity index (χ1v) is 7.68. The lowest BCUT2D eigenvalue weighted by Gasteiger charge is -2.26. The first-order chi connectivity index (χ1) is 9.91. The van der Waals surface area contributed by atoms with Gasteiger partial charge in [-0.25, -0.2) is 4.39 Å². The molecule has 2 N–H and O–H groups in total. The van der Waals surface area contributed by atoms with E-state index < -0.39 is 11.8 Å². The summed E-state index contributed by atoms with van der Waals surface area (Å²) in [4.78, 5) is 12.0. The van der Waals surface area contributed by atoms with Crippen LogP contribution in [0.1, 0.15) is 65.1 Å². The zero-order chi connectivity index (χ0) is 17.1. The standard InChI is InChI=1S/C18H28FNO2/c1-12(20-16(22)11-15(21)17(2,3)4)13-8-7-9-14(10-13)18(5,6)19/h7-10,12,15,21H,11H2,1-6H3,(H,20,22). The molecule has 0 heterocycles. The first-order valence-electron chi connectivity index (χ1n) is 7.68. The molecule has 4 heteroatoms. The summed E-state index contributed by atoms with van der Waals surface area (Å²) < 4.78 is 14.0. The molecule has 0 aromatic heterocycles. The fourth-order valence-corrected chi connectivity index (χ4v) is 2.04. The van der Waals surface area contributed by atoms with Crippen LogP contribution in [0.3, 0.4) is 0 Å². The van der Waals surface area contributed by atoms with E-state index in [2.05, 4.69) is 5.32 Å². The van der Waals surface area contributed by atoms with Gasteiger partial charge in [-0.1, -0.05) is 45.0 Å². The Hall–Kier alpha value is -1.42. The Morgan fingerprint density at radius 1 is 1.27 bits per heavy atom. The van der Waals surface area contributed by atoms with Crippen LogP contribution >= 0.6 is 0 Å². The van der Waals surface area contributed by atoms with Crippen molar-refractivity contribution in [3.8, 4) is 0 Å². The number of aliphatic hydroxyl groups excluding tert-OH is 1. The monoisotopic (exact) mass is 309 g/mol. The largest absolute Gasteiger partial charge is 0.392 e. The van der Waals surface area contributed by atoms with Gasteiger partial charge in [0.25, 0.3) is 0 Å². The van der Waals surface area contributed by atoms with Crippen LogP contribution in [-0.4, -0.2) is 17.1 Å². The van der Waals surface area contributed by atoms with Gasteiger partial charge in [-0.2, -0.15) is 0 Å². The molecule has 0 saturated heterocycles. The van der Waals surface area contributed by atoms with E-state index in [4.69, 9.17) is 0 Å². The average Bonchev–Trinajstić information content (AvgIpc) is 2.36. The number of nitrogens with one attached hydrogen (secondary N) is 1. The number of aliphatic hydroxyl groups is 1. The van der Waals surface area contributed by atoms with Crippen LogP contribution in [0.25, 0.3) is 0 Å². The molecule has 0 spiro atoms. The average molecular weight is 309 g/mol. The SMILES string of the molecule is CC(NC(=O)CC(O)C(C)(C)C)c1cccc(C(C)(C)F)c1. The van der Waals surface area contributed by atoms with E-state index in [1.165, 1.54) is 13.8 Å². The minimum atomic E-state index is -1.41. The van der Waals surface area contributed by atoms with E-state index >= 15 is 0 Å². The molecule has 0 aliphatic carbocycles. The first kappa shape index (κ1) is 18.6. The number of hydrogen-bond donors (Lipinski definition) is 2. The van der Waals surface area contributed by atoms with Gasteiger partial charge in [0.1, 0.15) is 5.67 Å². The van der Waals surface area contributed by atoms with Crippen molar-refractivity contribution in [2.24, 2.45) is 5.41 Å². The number of benzene rings is 1. The number of carbonyl (C=O) groups excluding carboxylic acids is 1. The van der Waals surface area contributed by atoms with Gasteiger partial charge in [0.2, 0.25) is 5.91 Å². The molecular weight excluding hydrogens is 281 g/mol. The normalized spacial score (nSPS) is 15.3. The second-order valence-electron chi connectivity index (χ2n) is 7.47. The summed E-state index contributed by atoms with van der Waals surface area (Å²) in [6.45, 7) is 10.5. The summed E-state index contributed by atoms with van der Waals surface area (Å²) in [5, 5.41) is 12.8. The highest BCUT2D eigenvalue weighted by Gasteiger charge is 2.25.